The quantitative estimate of drug-likeness (QED) is 0.832. The molecule has 0 spiro atoms. The van der Waals surface area contributed by atoms with E-state index in [2.05, 4.69) is 25.8 Å². The third kappa shape index (κ3) is 1.91. The van der Waals surface area contributed by atoms with Gasteiger partial charge >= 0.3 is 0 Å². The molecule has 0 bridgehead atoms. The smallest absolute Gasteiger partial charge is 0.142 e. The van der Waals surface area contributed by atoms with Crippen molar-refractivity contribution in [2.24, 2.45) is 0 Å². The fraction of sp³-hybridized carbons (Fsp3) is 0.500. The van der Waals surface area contributed by atoms with Crippen molar-refractivity contribution in [3.63, 3.8) is 0 Å². The van der Waals surface area contributed by atoms with E-state index in [1.807, 2.05) is 19.2 Å². The minimum Gasteiger partial charge on any atom is -0.391 e. The van der Waals surface area contributed by atoms with Gasteiger partial charge in [-0.3, -0.25) is 0 Å². The van der Waals surface area contributed by atoms with Crippen LogP contribution in [-0.2, 0) is 0 Å². The Hall–Kier alpha value is -0.610. The Kier molecular flexibility index (Phi) is 2.74. The lowest BCUT2D eigenvalue weighted by Crippen LogP contribution is -2.22. The van der Waals surface area contributed by atoms with Crippen LogP contribution in [0.25, 0.3) is 0 Å². The lowest BCUT2D eigenvalue weighted by Gasteiger charge is -2.18. The Labute approximate surface area is 91.9 Å². The molecule has 1 atom stereocenters. The molecule has 0 unspecified atom stereocenters. The first kappa shape index (κ1) is 9.93. The van der Waals surface area contributed by atoms with Crippen molar-refractivity contribution in [2.75, 3.05) is 18.0 Å². The third-order valence-electron chi connectivity index (χ3n) is 2.42. The third-order valence-corrected chi connectivity index (χ3v) is 3.00. The molecule has 1 fully saturated rings. The number of aromatic nitrogens is 1. The standard InChI is InChI=1S/C10H13BrN2O/c1-7-4-9(11)10(12-5-7)13-3-2-8(14)6-13/h4-5,8,14H,2-3,6H2,1H3/t8-/m0/s1. The SMILES string of the molecule is Cc1cnc(N2CC[C@H](O)C2)c(Br)c1. The molecule has 1 saturated heterocycles. The van der Waals surface area contributed by atoms with Gasteiger partial charge in [0.15, 0.2) is 0 Å². The Bertz CT molecular complexity index is 343. The zero-order chi connectivity index (χ0) is 10.1. The summed E-state index contributed by atoms with van der Waals surface area (Å²) >= 11 is 3.49. The first-order valence-corrected chi connectivity index (χ1v) is 5.51. The predicted molar refractivity (Wildman–Crippen MR) is 59.5 cm³/mol. The predicted octanol–water partition coefficient (Wildman–Crippen LogP) is 1.72. The van der Waals surface area contributed by atoms with Crippen LogP contribution in [0.2, 0.25) is 0 Å². The van der Waals surface area contributed by atoms with Crippen LogP contribution in [0, 0.1) is 6.92 Å². The van der Waals surface area contributed by atoms with E-state index in [9.17, 15) is 5.11 Å². The molecule has 1 N–H and O–H groups in total. The van der Waals surface area contributed by atoms with Gasteiger partial charge in [-0.15, -0.1) is 0 Å². The van der Waals surface area contributed by atoms with E-state index in [0.29, 0.717) is 6.54 Å². The molecule has 0 radical (unpaired) electrons. The number of aryl methyl sites for hydroxylation is 1. The number of hydrogen-bond acceptors (Lipinski definition) is 3. The molecule has 2 heterocycles. The molecular weight excluding hydrogens is 244 g/mol. The van der Waals surface area contributed by atoms with E-state index in [0.717, 1.165) is 28.8 Å². The van der Waals surface area contributed by atoms with Crippen molar-refractivity contribution in [1.82, 2.24) is 4.98 Å². The summed E-state index contributed by atoms with van der Waals surface area (Å²) in [5.74, 6) is 0.937. The molecule has 0 saturated carbocycles. The van der Waals surface area contributed by atoms with Crippen LogP contribution in [0.15, 0.2) is 16.7 Å². The van der Waals surface area contributed by atoms with E-state index < -0.39 is 0 Å². The maximum atomic E-state index is 9.42. The molecule has 0 amide bonds. The molecule has 3 nitrogen and oxygen atoms in total. The van der Waals surface area contributed by atoms with Crippen LogP contribution in [-0.4, -0.2) is 29.3 Å². The highest BCUT2D eigenvalue weighted by molar-refractivity contribution is 9.10. The molecule has 1 aliphatic rings. The summed E-state index contributed by atoms with van der Waals surface area (Å²) in [5.41, 5.74) is 1.14. The van der Waals surface area contributed by atoms with Crippen molar-refractivity contribution in [3.8, 4) is 0 Å². The highest BCUT2D eigenvalue weighted by Crippen LogP contribution is 2.27. The van der Waals surface area contributed by atoms with Crippen LogP contribution in [0.1, 0.15) is 12.0 Å². The Balaban J connectivity index is 2.24. The van der Waals surface area contributed by atoms with Crippen LogP contribution in [0.3, 0.4) is 0 Å². The Morgan fingerprint density at radius 2 is 2.43 bits per heavy atom. The van der Waals surface area contributed by atoms with Gasteiger partial charge in [-0.2, -0.15) is 0 Å². The normalized spacial score (nSPS) is 21.6. The number of rotatable bonds is 1. The van der Waals surface area contributed by atoms with Gasteiger partial charge < -0.3 is 10.0 Å². The van der Waals surface area contributed by atoms with E-state index in [-0.39, 0.29) is 6.10 Å². The molecule has 14 heavy (non-hydrogen) atoms. The van der Waals surface area contributed by atoms with Crippen molar-refractivity contribution >= 4 is 21.7 Å². The lowest BCUT2D eigenvalue weighted by molar-refractivity contribution is 0.198. The fourth-order valence-electron chi connectivity index (χ4n) is 1.69. The van der Waals surface area contributed by atoms with Crippen molar-refractivity contribution in [1.29, 1.82) is 0 Å². The van der Waals surface area contributed by atoms with Gasteiger partial charge in [0.25, 0.3) is 0 Å². The second kappa shape index (κ2) is 3.87. The van der Waals surface area contributed by atoms with E-state index in [1.165, 1.54) is 0 Å². The molecular formula is C10H13BrN2O. The van der Waals surface area contributed by atoms with Crippen molar-refractivity contribution in [2.45, 2.75) is 19.4 Å². The highest BCUT2D eigenvalue weighted by Gasteiger charge is 2.22. The summed E-state index contributed by atoms with van der Waals surface area (Å²) in [6, 6.07) is 2.05. The molecule has 1 aromatic rings. The fourth-order valence-corrected chi connectivity index (χ4v) is 2.41. The van der Waals surface area contributed by atoms with Gasteiger partial charge in [-0.25, -0.2) is 4.98 Å². The Morgan fingerprint density at radius 3 is 3.00 bits per heavy atom. The summed E-state index contributed by atoms with van der Waals surface area (Å²) in [7, 11) is 0. The highest BCUT2D eigenvalue weighted by atomic mass is 79.9. The molecule has 1 aliphatic heterocycles. The van der Waals surface area contributed by atoms with E-state index in [1.54, 1.807) is 0 Å². The average molecular weight is 257 g/mol. The second-order valence-corrected chi connectivity index (χ2v) is 4.56. The minimum absolute atomic E-state index is 0.204. The van der Waals surface area contributed by atoms with Crippen molar-refractivity contribution < 1.29 is 5.11 Å². The Morgan fingerprint density at radius 1 is 1.64 bits per heavy atom. The number of anilines is 1. The topological polar surface area (TPSA) is 36.4 Å². The monoisotopic (exact) mass is 256 g/mol. The van der Waals surface area contributed by atoms with Crippen LogP contribution < -0.4 is 4.90 Å². The number of aliphatic hydroxyl groups excluding tert-OH is 1. The lowest BCUT2D eigenvalue weighted by atomic mass is 10.3. The van der Waals surface area contributed by atoms with E-state index in [4.69, 9.17) is 0 Å². The van der Waals surface area contributed by atoms with Crippen LogP contribution in [0.4, 0.5) is 5.82 Å². The number of halogens is 1. The molecule has 0 aromatic carbocycles. The maximum Gasteiger partial charge on any atom is 0.142 e. The number of pyridine rings is 1. The average Bonchev–Trinajstić information content (AvgIpc) is 2.51. The maximum absolute atomic E-state index is 9.42. The van der Waals surface area contributed by atoms with Gasteiger partial charge in [0.1, 0.15) is 5.82 Å². The molecule has 2 rings (SSSR count). The van der Waals surface area contributed by atoms with Crippen LogP contribution in [0.5, 0.6) is 0 Å². The number of nitrogens with zero attached hydrogens (tertiary/aromatic N) is 2. The van der Waals surface area contributed by atoms with Gasteiger partial charge in [0.2, 0.25) is 0 Å². The summed E-state index contributed by atoms with van der Waals surface area (Å²) < 4.78 is 1.01. The van der Waals surface area contributed by atoms with Crippen LogP contribution >= 0.6 is 15.9 Å². The number of hydrogen-bond donors (Lipinski definition) is 1. The molecule has 76 valence electrons. The van der Waals surface area contributed by atoms with Gasteiger partial charge in [0.05, 0.1) is 10.6 Å². The molecule has 4 heteroatoms. The van der Waals surface area contributed by atoms with E-state index >= 15 is 0 Å². The minimum atomic E-state index is -0.204. The summed E-state index contributed by atoms with van der Waals surface area (Å²) in [5, 5.41) is 9.42. The first-order chi connectivity index (χ1) is 6.66. The summed E-state index contributed by atoms with van der Waals surface area (Å²) in [6.45, 7) is 3.59. The zero-order valence-corrected chi connectivity index (χ0v) is 9.66. The summed E-state index contributed by atoms with van der Waals surface area (Å²) in [4.78, 5) is 6.47. The number of β-amino-alcohol motifs (C(OH)–C–C–N with tert-alkyl or cyclic N) is 1. The molecule has 1 aromatic heterocycles. The first-order valence-electron chi connectivity index (χ1n) is 4.72. The largest absolute Gasteiger partial charge is 0.391 e. The van der Waals surface area contributed by atoms with Gasteiger partial charge in [-0.05, 0) is 40.9 Å². The molecule has 0 aliphatic carbocycles. The van der Waals surface area contributed by atoms with Crippen molar-refractivity contribution in [3.05, 3.63) is 22.3 Å². The van der Waals surface area contributed by atoms with Gasteiger partial charge in [-0.1, -0.05) is 0 Å². The number of aliphatic hydroxyl groups is 1. The second-order valence-electron chi connectivity index (χ2n) is 3.71. The zero-order valence-electron chi connectivity index (χ0n) is 8.07. The summed E-state index contributed by atoms with van der Waals surface area (Å²) in [6.07, 6.45) is 2.48. The van der Waals surface area contributed by atoms with Gasteiger partial charge in [0, 0.05) is 19.3 Å².